The number of aliphatic hydroxyl groups excluding tert-OH is 1. The van der Waals surface area contributed by atoms with Gasteiger partial charge in [-0.15, -0.1) is 0 Å². The van der Waals surface area contributed by atoms with Crippen molar-refractivity contribution in [2.45, 2.75) is 69.6 Å². The first-order valence-electron chi connectivity index (χ1n) is 14.3. The van der Waals surface area contributed by atoms with Crippen molar-refractivity contribution in [2.75, 3.05) is 18.4 Å². The van der Waals surface area contributed by atoms with Crippen molar-refractivity contribution in [2.24, 2.45) is 5.92 Å². The first-order chi connectivity index (χ1) is 19.5. The second-order valence-corrected chi connectivity index (χ2v) is 12.5. The topological polar surface area (TPSA) is 135 Å². The number of nitrogens with zero attached hydrogens (tertiary/aromatic N) is 1. The Hall–Kier alpha value is -3.82. The van der Waals surface area contributed by atoms with Gasteiger partial charge in [0.15, 0.2) is 17.6 Å². The first kappa shape index (κ1) is 26.1. The van der Waals surface area contributed by atoms with Crippen LogP contribution in [0.3, 0.4) is 0 Å². The zero-order valence-electron chi connectivity index (χ0n) is 23.5. The number of carbonyl (C=O) groups is 1. The Labute approximate surface area is 237 Å². The SMILES string of the molecule is C/C(C(=O)Nc1ccc2c(C)cc(=O)[nH]c2c1)=C(/O)[C@@H]1Oc2c(O)ccc3c2[C@@]12CCN(CC1CC1)[C@H](C3)[C@@]2(C)O. The maximum atomic E-state index is 13.4. The van der Waals surface area contributed by atoms with E-state index in [0.717, 1.165) is 35.2 Å². The molecule has 2 aliphatic carbocycles. The third kappa shape index (κ3) is 3.75. The van der Waals surface area contributed by atoms with Crippen LogP contribution < -0.4 is 15.6 Å². The van der Waals surface area contributed by atoms with Crippen molar-refractivity contribution in [3.05, 3.63) is 74.8 Å². The summed E-state index contributed by atoms with van der Waals surface area (Å²) in [5.41, 5.74) is 1.11. The average molecular weight is 558 g/mol. The standard InChI is InChI=1S/C32H35N3O6/c1-16-12-25(37)34-22-14-20(7-8-21(16)22)33-30(39)17(2)27(38)29-32-10-11-35(15-18-4-5-18)24(31(32,3)40)13-19-6-9-23(36)28(41-29)26(19)32/h6-9,12,14,18,24,29,36,38,40H,4-5,10-11,13,15H2,1-3H3,(H,33,39)(H,34,37)/b27-17-/t24-,29+,31-,32+/m1/s1. The summed E-state index contributed by atoms with van der Waals surface area (Å²) < 4.78 is 6.31. The number of carbonyl (C=O) groups excluding carboxylic acids is 1. The fourth-order valence-corrected chi connectivity index (χ4v) is 7.62. The molecular formula is C32H35N3O6. The highest BCUT2D eigenvalue weighted by Gasteiger charge is 2.69. The molecule has 1 saturated heterocycles. The molecule has 2 aromatic carbocycles. The molecule has 1 saturated carbocycles. The second-order valence-electron chi connectivity index (χ2n) is 12.5. The minimum absolute atomic E-state index is 0.0457. The Morgan fingerprint density at radius 3 is 2.76 bits per heavy atom. The van der Waals surface area contributed by atoms with Crippen LogP contribution in [-0.2, 0) is 16.6 Å². The highest BCUT2D eigenvalue weighted by Crippen LogP contribution is 2.63. The molecule has 5 N–H and O–H groups in total. The number of phenols is 1. The van der Waals surface area contributed by atoms with Gasteiger partial charge in [0.1, 0.15) is 5.76 Å². The number of likely N-dealkylation sites (tertiary alicyclic amines) is 1. The number of ether oxygens (including phenoxy) is 1. The molecule has 2 aliphatic heterocycles. The van der Waals surface area contributed by atoms with E-state index >= 15 is 0 Å². The number of rotatable bonds is 5. The number of nitrogens with one attached hydrogen (secondary N) is 2. The summed E-state index contributed by atoms with van der Waals surface area (Å²) in [7, 11) is 0. The number of hydrogen-bond acceptors (Lipinski definition) is 7. The molecule has 3 aromatic rings. The molecule has 2 bridgehead atoms. The van der Waals surface area contributed by atoms with E-state index in [-0.39, 0.29) is 34.4 Å². The van der Waals surface area contributed by atoms with Crippen molar-refractivity contribution in [1.29, 1.82) is 0 Å². The Bertz CT molecular complexity index is 1700. The van der Waals surface area contributed by atoms with E-state index < -0.39 is 23.0 Å². The normalized spacial score (nSPS) is 29.1. The molecule has 0 radical (unpaired) electrons. The van der Waals surface area contributed by atoms with Gasteiger partial charge >= 0.3 is 0 Å². The first-order valence-corrected chi connectivity index (χ1v) is 14.3. The molecule has 4 atom stereocenters. The van der Waals surface area contributed by atoms with Gasteiger partial charge in [0.05, 0.1) is 22.1 Å². The van der Waals surface area contributed by atoms with Crippen LogP contribution >= 0.6 is 0 Å². The number of benzene rings is 2. The smallest absolute Gasteiger partial charge is 0.254 e. The lowest BCUT2D eigenvalue weighted by molar-refractivity contribution is -0.153. The molecule has 4 aliphatic rings. The molecule has 9 nitrogen and oxygen atoms in total. The molecule has 1 amide bonds. The number of aliphatic hydroxyl groups is 2. The van der Waals surface area contributed by atoms with Crippen LogP contribution in [0.1, 0.15) is 49.8 Å². The zero-order valence-corrected chi connectivity index (χ0v) is 23.5. The Kier molecular flexibility index (Phi) is 5.63. The number of aromatic hydroxyl groups is 1. The predicted octanol–water partition coefficient (Wildman–Crippen LogP) is 3.80. The van der Waals surface area contributed by atoms with Crippen molar-refractivity contribution in [3.8, 4) is 11.5 Å². The quantitative estimate of drug-likeness (QED) is 0.238. The van der Waals surface area contributed by atoms with Crippen LogP contribution in [0.4, 0.5) is 5.69 Å². The third-order valence-electron chi connectivity index (χ3n) is 10.0. The number of aromatic amines is 1. The number of phenolic OH excluding ortho intramolecular Hbond substituents is 1. The number of amides is 1. The van der Waals surface area contributed by atoms with Crippen LogP contribution in [0, 0.1) is 12.8 Å². The van der Waals surface area contributed by atoms with Gasteiger partial charge in [-0.2, -0.15) is 0 Å². The molecule has 2 fully saturated rings. The molecule has 1 aromatic heterocycles. The molecule has 41 heavy (non-hydrogen) atoms. The van der Waals surface area contributed by atoms with E-state index in [1.165, 1.54) is 25.8 Å². The van der Waals surface area contributed by atoms with Crippen molar-refractivity contribution >= 4 is 22.5 Å². The third-order valence-corrected chi connectivity index (χ3v) is 10.0. The number of fused-ring (bicyclic) bond motifs is 2. The number of hydrogen-bond donors (Lipinski definition) is 5. The summed E-state index contributed by atoms with van der Waals surface area (Å²) in [5.74, 6) is 0.0792. The predicted molar refractivity (Wildman–Crippen MR) is 154 cm³/mol. The maximum absolute atomic E-state index is 13.4. The van der Waals surface area contributed by atoms with Crippen molar-refractivity contribution < 1.29 is 24.9 Å². The summed E-state index contributed by atoms with van der Waals surface area (Å²) in [4.78, 5) is 30.6. The van der Waals surface area contributed by atoms with E-state index in [1.54, 1.807) is 18.2 Å². The monoisotopic (exact) mass is 557 g/mol. The highest BCUT2D eigenvalue weighted by molar-refractivity contribution is 6.04. The lowest BCUT2D eigenvalue weighted by Crippen LogP contribution is -2.73. The van der Waals surface area contributed by atoms with Crippen LogP contribution in [0.15, 0.2) is 52.5 Å². The lowest BCUT2D eigenvalue weighted by Gasteiger charge is -2.59. The Morgan fingerprint density at radius 1 is 1.22 bits per heavy atom. The van der Waals surface area contributed by atoms with Gasteiger partial charge in [0.2, 0.25) is 5.56 Å². The molecule has 3 heterocycles. The highest BCUT2D eigenvalue weighted by atomic mass is 16.5. The van der Waals surface area contributed by atoms with E-state index in [0.29, 0.717) is 30.0 Å². The van der Waals surface area contributed by atoms with Gasteiger partial charge in [-0.3, -0.25) is 14.5 Å². The summed E-state index contributed by atoms with van der Waals surface area (Å²) in [6.45, 7) is 6.85. The number of aryl methyl sites for hydroxylation is 1. The fourth-order valence-electron chi connectivity index (χ4n) is 7.62. The zero-order chi connectivity index (χ0) is 28.8. The second kappa shape index (κ2) is 8.84. The molecule has 214 valence electrons. The van der Waals surface area contributed by atoms with Crippen LogP contribution in [-0.4, -0.2) is 61.9 Å². The van der Waals surface area contributed by atoms with Gasteiger partial charge < -0.3 is 30.4 Å². The van der Waals surface area contributed by atoms with E-state index in [9.17, 15) is 24.9 Å². The van der Waals surface area contributed by atoms with Crippen LogP contribution in [0.2, 0.25) is 0 Å². The summed E-state index contributed by atoms with van der Waals surface area (Å²) in [6, 6.07) is 10.1. The lowest BCUT2D eigenvalue weighted by atomic mass is 9.53. The van der Waals surface area contributed by atoms with Crippen molar-refractivity contribution in [1.82, 2.24) is 9.88 Å². The number of H-pyrrole nitrogens is 1. The number of aromatic nitrogens is 1. The van der Waals surface area contributed by atoms with Crippen LogP contribution in [0.5, 0.6) is 11.5 Å². The fraction of sp³-hybridized carbons (Fsp3) is 0.438. The molecule has 1 spiro atoms. The molecule has 0 unspecified atom stereocenters. The van der Waals surface area contributed by atoms with E-state index in [1.807, 2.05) is 26.0 Å². The summed E-state index contributed by atoms with van der Waals surface area (Å²) in [6.07, 6.45) is 2.50. The number of pyridine rings is 1. The van der Waals surface area contributed by atoms with Gasteiger partial charge in [0, 0.05) is 35.3 Å². The minimum atomic E-state index is -1.29. The molecule has 9 heteroatoms. The van der Waals surface area contributed by atoms with Gasteiger partial charge in [0.25, 0.3) is 5.91 Å². The van der Waals surface area contributed by atoms with E-state index in [2.05, 4.69) is 15.2 Å². The molecule has 7 rings (SSSR count). The Morgan fingerprint density at radius 2 is 2.00 bits per heavy atom. The van der Waals surface area contributed by atoms with Gasteiger partial charge in [-0.1, -0.05) is 12.1 Å². The average Bonchev–Trinajstić information content (AvgIpc) is 3.66. The van der Waals surface area contributed by atoms with Gasteiger partial charge in [-0.25, -0.2) is 0 Å². The largest absolute Gasteiger partial charge is 0.508 e. The van der Waals surface area contributed by atoms with Gasteiger partial charge in [-0.05, 0) is 88.2 Å². The summed E-state index contributed by atoms with van der Waals surface area (Å²) in [5, 5.41) is 38.5. The Balaban J connectivity index is 1.26. The van der Waals surface area contributed by atoms with Crippen LogP contribution in [0.25, 0.3) is 10.9 Å². The number of piperidine rings is 1. The maximum Gasteiger partial charge on any atom is 0.254 e. The van der Waals surface area contributed by atoms with E-state index in [4.69, 9.17) is 4.74 Å². The molecular weight excluding hydrogens is 522 g/mol. The minimum Gasteiger partial charge on any atom is -0.508 e. The van der Waals surface area contributed by atoms with Crippen molar-refractivity contribution in [3.63, 3.8) is 0 Å². The number of anilines is 1. The summed E-state index contributed by atoms with van der Waals surface area (Å²) >= 11 is 0.